The van der Waals surface area contributed by atoms with E-state index in [9.17, 15) is 4.79 Å². The van der Waals surface area contributed by atoms with Crippen LogP contribution in [0.4, 0.5) is 0 Å². The first kappa shape index (κ1) is 22.5. The summed E-state index contributed by atoms with van der Waals surface area (Å²) in [5.41, 5.74) is 17.7. The van der Waals surface area contributed by atoms with E-state index in [0.717, 1.165) is 38.0 Å². The Labute approximate surface area is 178 Å². The number of Topliss-reactive ketones (excluding diaryl/α,β-unsaturated/α-hetero) is 1. The predicted molar refractivity (Wildman–Crippen MR) is 122 cm³/mol. The first-order valence-corrected chi connectivity index (χ1v) is 12.0. The molecule has 4 atom stereocenters. The molecule has 3 heteroatoms. The maximum absolute atomic E-state index is 11.5. The molecular weight excluding hydrogens is 356 g/mol. The number of hydrogen-bond donors (Lipinski definition) is 2. The minimum absolute atomic E-state index is 0.253. The zero-order valence-electron chi connectivity index (χ0n) is 18.9. The second-order valence-electron chi connectivity index (χ2n) is 10.2. The number of benzene rings is 1. The minimum Gasteiger partial charge on any atom is -0.323 e. The number of unbranched alkanes of at least 4 members (excludes halogenated alkanes) is 2. The first-order valence-electron chi connectivity index (χ1n) is 12.0. The van der Waals surface area contributed by atoms with Crippen LogP contribution in [0.5, 0.6) is 0 Å². The van der Waals surface area contributed by atoms with Gasteiger partial charge < -0.3 is 16.3 Å². The first-order chi connectivity index (χ1) is 13.8. The van der Waals surface area contributed by atoms with Gasteiger partial charge in [0.1, 0.15) is 5.78 Å². The highest BCUT2D eigenvalue weighted by atomic mass is 16.1. The van der Waals surface area contributed by atoms with Crippen LogP contribution in [0.3, 0.4) is 0 Å². The molecule has 0 aliphatic heterocycles. The van der Waals surface area contributed by atoms with Gasteiger partial charge in [0.05, 0.1) is 0 Å². The smallest absolute Gasteiger partial charge is 0.130 e. The molecule has 3 rings (SSSR count). The zero-order valence-corrected chi connectivity index (χ0v) is 18.9. The minimum atomic E-state index is -0.303. The number of fused-ring (bicyclic) bond motifs is 2. The molecule has 1 saturated carbocycles. The van der Waals surface area contributed by atoms with E-state index in [1.807, 2.05) is 0 Å². The normalized spacial score (nSPS) is 29.3. The second-order valence-corrected chi connectivity index (χ2v) is 10.2. The van der Waals surface area contributed by atoms with Gasteiger partial charge >= 0.3 is 0 Å². The number of nitrogens with two attached hydrogens (primary N) is 2. The third kappa shape index (κ3) is 4.77. The van der Waals surface area contributed by atoms with Crippen molar-refractivity contribution in [2.24, 2.45) is 23.3 Å². The molecule has 2 aliphatic carbocycles. The van der Waals surface area contributed by atoms with Crippen molar-refractivity contribution in [1.29, 1.82) is 0 Å². The molecule has 29 heavy (non-hydrogen) atoms. The molecule has 4 N–H and O–H groups in total. The Morgan fingerprint density at radius 2 is 2.00 bits per heavy atom. The highest BCUT2D eigenvalue weighted by Crippen LogP contribution is 2.50. The fourth-order valence-electron chi connectivity index (χ4n) is 5.93. The van der Waals surface area contributed by atoms with Crippen molar-refractivity contribution in [3.8, 4) is 0 Å². The summed E-state index contributed by atoms with van der Waals surface area (Å²) in [6.45, 7) is 6.35. The summed E-state index contributed by atoms with van der Waals surface area (Å²) in [5, 5.41) is 0. The molecule has 1 aromatic carbocycles. The highest BCUT2D eigenvalue weighted by Gasteiger charge is 2.57. The zero-order chi connectivity index (χ0) is 21.1. The van der Waals surface area contributed by atoms with Crippen molar-refractivity contribution in [2.45, 2.75) is 109 Å². The summed E-state index contributed by atoms with van der Waals surface area (Å²) < 4.78 is 0. The summed E-state index contributed by atoms with van der Waals surface area (Å²) in [4.78, 5) is 11.5. The van der Waals surface area contributed by atoms with Gasteiger partial charge in [0.25, 0.3) is 0 Å². The van der Waals surface area contributed by atoms with E-state index >= 15 is 0 Å². The van der Waals surface area contributed by atoms with Crippen molar-refractivity contribution in [3.05, 3.63) is 34.9 Å². The fraction of sp³-hybridized carbons (Fsp3) is 0.731. The molecule has 1 fully saturated rings. The van der Waals surface area contributed by atoms with Crippen LogP contribution in [0.25, 0.3) is 0 Å². The Hall–Kier alpha value is -1.19. The van der Waals surface area contributed by atoms with E-state index in [-0.39, 0.29) is 16.9 Å². The number of hydrogen-bond acceptors (Lipinski definition) is 3. The molecule has 2 aliphatic rings. The van der Waals surface area contributed by atoms with Crippen molar-refractivity contribution in [2.75, 3.05) is 0 Å². The average Bonchev–Trinajstić information content (AvgIpc) is 2.92. The molecule has 1 aromatic rings. The molecule has 3 nitrogen and oxygen atoms in total. The Morgan fingerprint density at radius 1 is 1.21 bits per heavy atom. The molecule has 162 valence electrons. The Balaban J connectivity index is 1.71. The molecule has 0 radical (unpaired) electrons. The van der Waals surface area contributed by atoms with Gasteiger partial charge in [-0.3, -0.25) is 0 Å². The topological polar surface area (TPSA) is 69.1 Å². The summed E-state index contributed by atoms with van der Waals surface area (Å²) >= 11 is 0. The van der Waals surface area contributed by atoms with Crippen molar-refractivity contribution in [1.82, 2.24) is 0 Å². The second kappa shape index (κ2) is 9.31. The van der Waals surface area contributed by atoms with E-state index in [0.29, 0.717) is 12.3 Å². The van der Waals surface area contributed by atoms with Gasteiger partial charge in [-0.25, -0.2) is 0 Å². The molecule has 0 aromatic heterocycles. The van der Waals surface area contributed by atoms with Gasteiger partial charge in [0, 0.05) is 17.5 Å². The predicted octanol–water partition coefficient (Wildman–Crippen LogP) is 5.11. The van der Waals surface area contributed by atoms with Crippen molar-refractivity contribution >= 4 is 5.78 Å². The molecule has 0 amide bonds. The average molecular weight is 399 g/mol. The largest absolute Gasteiger partial charge is 0.323 e. The lowest BCUT2D eigenvalue weighted by atomic mass is 9.63. The molecule has 0 bridgehead atoms. The van der Waals surface area contributed by atoms with Gasteiger partial charge in [0.2, 0.25) is 0 Å². The van der Waals surface area contributed by atoms with Crippen molar-refractivity contribution in [3.63, 3.8) is 0 Å². The third-order valence-corrected chi connectivity index (χ3v) is 7.99. The molecule has 0 heterocycles. The van der Waals surface area contributed by atoms with Crippen molar-refractivity contribution < 1.29 is 4.79 Å². The van der Waals surface area contributed by atoms with Crippen LogP contribution in [-0.2, 0) is 24.1 Å². The summed E-state index contributed by atoms with van der Waals surface area (Å²) in [6.07, 6.45) is 13.2. The maximum Gasteiger partial charge on any atom is 0.130 e. The van der Waals surface area contributed by atoms with E-state index < -0.39 is 0 Å². The fourth-order valence-corrected chi connectivity index (χ4v) is 5.93. The monoisotopic (exact) mass is 398 g/mol. The van der Waals surface area contributed by atoms with E-state index in [1.165, 1.54) is 55.2 Å². The van der Waals surface area contributed by atoms with Crippen LogP contribution in [0, 0.1) is 11.8 Å². The lowest BCUT2D eigenvalue weighted by molar-refractivity contribution is -0.116. The van der Waals surface area contributed by atoms with E-state index in [4.69, 9.17) is 11.5 Å². The Morgan fingerprint density at radius 3 is 2.72 bits per heavy atom. The lowest BCUT2D eigenvalue weighted by Crippen LogP contribution is -2.69. The summed E-state index contributed by atoms with van der Waals surface area (Å²) in [7, 11) is 0. The maximum atomic E-state index is 11.5. The number of carbonyl (C=O) groups excluding carboxylic acids is 1. The van der Waals surface area contributed by atoms with Crippen LogP contribution in [0.15, 0.2) is 18.2 Å². The third-order valence-electron chi connectivity index (χ3n) is 7.99. The highest BCUT2D eigenvalue weighted by molar-refractivity contribution is 5.75. The SMILES string of the molecule is CCCCCC(C)CCC1CCC2(N)Cc3c(CCC(C)=O)cccc3CC12N. The molecule has 0 spiro atoms. The van der Waals surface area contributed by atoms with Crippen LogP contribution < -0.4 is 11.5 Å². The summed E-state index contributed by atoms with van der Waals surface area (Å²) in [6, 6.07) is 6.56. The van der Waals surface area contributed by atoms with E-state index in [1.54, 1.807) is 6.92 Å². The molecular formula is C26H42N2O. The number of rotatable bonds is 10. The number of aryl methyl sites for hydroxylation is 1. The van der Waals surface area contributed by atoms with Crippen LogP contribution in [-0.4, -0.2) is 16.9 Å². The van der Waals surface area contributed by atoms with Crippen LogP contribution in [0.2, 0.25) is 0 Å². The number of ketones is 1. The lowest BCUT2D eigenvalue weighted by Gasteiger charge is -2.49. The standard InChI is InChI=1S/C26H42N2O/c1-4-5-6-8-19(2)11-14-23-15-16-25(27)18-24-21(13-12-20(3)29)9-7-10-22(24)17-26(23,25)28/h7,9-10,19,23H,4-6,8,11-18,27-28H2,1-3H3. The Kier molecular flexibility index (Phi) is 7.22. The van der Waals surface area contributed by atoms with Crippen LogP contribution in [0.1, 0.15) is 95.2 Å². The molecule has 4 unspecified atom stereocenters. The quantitative estimate of drug-likeness (QED) is 0.538. The van der Waals surface area contributed by atoms with Gasteiger partial charge in [-0.05, 0) is 74.0 Å². The Bertz CT molecular complexity index is 715. The summed E-state index contributed by atoms with van der Waals surface area (Å²) in [5.74, 6) is 1.56. The van der Waals surface area contributed by atoms with Gasteiger partial charge in [0.15, 0.2) is 0 Å². The molecule has 0 saturated heterocycles. The van der Waals surface area contributed by atoms with Gasteiger partial charge in [-0.1, -0.05) is 64.2 Å². The van der Waals surface area contributed by atoms with Gasteiger partial charge in [-0.15, -0.1) is 0 Å². The van der Waals surface area contributed by atoms with E-state index in [2.05, 4.69) is 32.0 Å². The van der Waals surface area contributed by atoms with Gasteiger partial charge in [-0.2, -0.15) is 0 Å². The van der Waals surface area contributed by atoms with Crippen LogP contribution >= 0.6 is 0 Å². The number of carbonyl (C=O) groups is 1.